The van der Waals surface area contributed by atoms with Crippen molar-refractivity contribution in [2.45, 2.75) is 46.1 Å². The van der Waals surface area contributed by atoms with Gasteiger partial charge >= 0.3 is 0 Å². The van der Waals surface area contributed by atoms with Crippen LogP contribution in [0.5, 0.6) is 0 Å². The van der Waals surface area contributed by atoms with Crippen LogP contribution in [0.15, 0.2) is 6.33 Å². The van der Waals surface area contributed by atoms with Gasteiger partial charge in [-0.1, -0.05) is 13.3 Å². The molecule has 0 aliphatic rings. The molecule has 0 fully saturated rings. The number of nitrogens with one attached hydrogen (secondary N) is 2. The zero-order chi connectivity index (χ0) is 14.1. The first-order valence-electron chi connectivity index (χ1n) is 7.06. The molecule has 4 nitrogen and oxygen atoms in total. The Bertz CT molecular complexity index is 370. The van der Waals surface area contributed by atoms with Crippen LogP contribution in [0, 0.1) is 0 Å². The molecule has 108 valence electrons. The second-order valence-electron chi connectivity index (χ2n) is 4.66. The van der Waals surface area contributed by atoms with Crippen LogP contribution in [-0.2, 0) is 6.42 Å². The van der Waals surface area contributed by atoms with Crippen molar-refractivity contribution >= 4 is 23.4 Å². The predicted octanol–water partition coefficient (Wildman–Crippen LogP) is 3.41. The molecule has 0 radical (unpaired) electrons. The Balaban J connectivity index is 2.82. The standard InChI is InChI=1S/C14H26N4S/c1-5-7-12-13(15-6-2)16-10-17-14(12)18-11(3)8-9-19-4/h10-11H,5-9H2,1-4H3,(H2,15,16,17,18). The first kappa shape index (κ1) is 16.1. The molecule has 1 heterocycles. The van der Waals surface area contributed by atoms with E-state index < -0.39 is 0 Å². The summed E-state index contributed by atoms with van der Waals surface area (Å²) in [5.41, 5.74) is 1.21. The summed E-state index contributed by atoms with van der Waals surface area (Å²) in [5.74, 6) is 3.13. The van der Waals surface area contributed by atoms with E-state index in [0.29, 0.717) is 6.04 Å². The fourth-order valence-corrected chi connectivity index (χ4v) is 2.53. The van der Waals surface area contributed by atoms with Crippen LogP contribution in [0.4, 0.5) is 11.6 Å². The van der Waals surface area contributed by atoms with Crippen molar-refractivity contribution in [3.8, 4) is 0 Å². The summed E-state index contributed by atoms with van der Waals surface area (Å²) in [5, 5.41) is 6.85. The molecular weight excluding hydrogens is 256 g/mol. The highest BCUT2D eigenvalue weighted by atomic mass is 32.2. The van der Waals surface area contributed by atoms with Gasteiger partial charge in [0.25, 0.3) is 0 Å². The van der Waals surface area contributed by atoms with Gasteiger partial charge in [-0.15, -0.1) is 0 Å². The van der Waals surface area contributed by atoms with E-state index in [1.807, 2.05) is 11.8 Å². The van der Waals surface area contributed by atoms with Gasteiger partial charge in [0.1, 0.15) is 18.0 Å². The molecule has 2 N–H and O–H groups in total. The van der Waals surface area contributed by atoms with Crippen molar-refractivity contribution in [1.82, 2.24) is 9.97 Å². The van der Waals surface area contributed by atoms with E-state index in [2.05, 4.69) is 47.6 Å². The Morgan fingerprint density at radius 3 is 2.63 bits per heavy atom. The zero-order valence-electron chi connectivity index (χ0n) is 12.5. The Hall–Kier alpha value is -0.970. The lowest BCUT2D eigenvalue weighted by atomic mass is 10.1. The zero-order valence-corrected chi connectivity index (χ0v) is 13.3. The van der Waals surface area contributed by atoms with E-state index >= 15 is 0 Å². The Morgan fingerprint density at radius 2 is 2.00 bits per heavy atom. The van der Waals surface area contributed by atoms with E-state index in [1.165, 1.54) is 11.3 Å². The predicted molar refractivity (Wildman–Crippen MR) is 86.3 cm³/mol. The van der Waals surface area contributed by atoms with Gasteiger partial charge in [0.2, 0.25) is 0 Å². The number of thioether (sulfide) groups is 1. The van der Waals surface area contributed by atoms with Gasteiger partial charge in [-0.25, -0.2) is 9.97 Å². The Kier molecular flexibility index (Phi) is 7.63. The lowest BCUT2D eigenvalue weighted by molar-refractivity contribution is 0.760. The molecule has 1 aromatic rings. The summed E-state index contributed by atoms with van der Waals surface area (Å²) in [6.07, 6.45) is 7.03. The second kappa shape index (κ2) is 9.02. The molecule has 1 aromatic heterocycles. The molecule has 1 atom stereocenters. The molecule has 0 saturated heterocycles. The van der Waals surface area contributed by atoms with E-state index in [9.17, 15) is 0 Å². The van der Waals surface area contributed by atoms with Crippen LogP contribution in [0.1, 0.15) is 39.2 Å². The number of anilines is 2. The maximum absolute atomic E-state index is 4.42. The first-order valence-corrected chi connectivity index (χ1v) is 8.45. The average molecular weight is 282 g/mol. The highest BCUT2D eigenvalue weighted by Crippen LogP contribution is 2.22. The minimum atomic E-state index is 0.437. The molecule has 5 heteroatoms. The third-order valence-corrected chi connectivity index (χ3v) is 3.57. The number of hydrogen-bond donors (Lipinski definition) is 2. The van der Waals surface area contributed by atoms with Crippen molar-refractivity contribution in [2.24, 2.45) is 0 Å². The van der Waals surface area contributed by atoms with Crippen molar-refractivity contribution in [2.75, 3.05) is 29.2 Å². The monoisotopic (exact) mass is 282 g/mol. The smallest absolute Gasteiger partial charge is 0.134 e. The van der Waals surface area contributed by atoms with E-state index in [0.717, 1.165) is 37.4 Å². The van der Waals surface area contributed by atoms with Gasteiger partial charge in [-0.05, 0) is 38.7 Å². The molecule has 19 heavy (non-hydrogen) atoms. The number of rotatable bonds is 9. The molecule has 0 saturated carbocycles. The topological polar surface area (TPSA) is 49.8 Å². The molecule has 0 bridgehead atoms. The van der Waals surface area contributed by atoms with Crippen molar-refractivity contribution < 1.29 is 0 Å². The quantitative estimate of drug-likeness (QED) is 0.727. The molecular formula is C14H26N4S. The lowest BCUT2D eigenvalue weighted by Gasteiger charge is -2.18. The van der Waals surface area contributed by atoms with Gasteiger partial charge < -0.3 is 10.6 Å². The Morgan fingerprint density at radius 1 is 1.26 bits per heavy atom. The number of aromatic nitrogens is 2. The van der Waals surface area contributed by atoms with E-state index in [-0.39, 0.29) is 0 Å². The molecule has 0 amide bonds. The second-order valence-corrected chi connectivity index (χ2v) is 5.64. The van der Waals surface area contributed by atoms with Crippen LogP contribution < -0.4 is 10.6 Å². The fourth-order valence-electron chi connectivity index (χ4n) is 1.94. The fraction of sp³-hybridized carbons (Fsp3) is 0.714. The summed E-state index contributed by atoms with van der Waals surface area (Å²) in [6.45, 7) is 7.37. The minimum Gasteiger partial charge on any atom is -0.370 e. The summed E-state index contributed by atoms with van der Waals surface area (Å²) in [4.78, 5) is 8.77. The molecule has 0 spiro atoms. The van der Waals surface area contributed by atoms with Gasteiger partial charge in [-0.3, -0.25) is 0 Å². The Labute approximate surface area is 121 Å². The molecule has 0 aliphatic heterocycles. The molecule has 1 unspecified atom stereocenters. The van der Waals surface area contributed by atoms with Crippen LogP contribution in [-0.4, -0.2) is 34.6 Å². The van der Waals surface area contributed by atoms with Crippen molar-refractivity contribution in [3.63, 3.8) is 0 Å². The highest BCUT2D eigenvalue weighted by Gasteiger charge is 2.12. The maximum Gasteiger partial charge on any atom is 0.134 e. The number of hydrogen-bond acceptors (Lipinski definition) is 5. The number of nitrogens with zero attached hydrogens (tertiary/aromatic N) is 2. The van der Waals surface area contributed by atoms with Gasteiger partial charge in [0, 0.05) is 18.2 Å². The normalized spacial score (nSPS) is 12.2. The van der Waals surface area contributed by atoms with Gasteiger partial charge in [0.05, 0.1) is 0 Å². The summed E-state index contributed by atoms with van der Waals surface area (Å²) in [7, 11) is 0. The third kappa shape index (κ3) is 5.27. The summed E-state index contributed by atoms with van der Waals surface area (Å²) < 4.78 is 0. The van der Waals surface area contributed by atoms with E-state index in [1.54, 1.807) is 6.33 Å². The summed E-state index contributed by atoms with van der Waals surface area (Å²) in [6, 6.07) is 0.437. The van der Waals surface area contributed by atoms with Crippen LogP contribution >= 0.6 is 11.8 Å². The average Bonchev–Trinajstić information content (AvgIpc) is 2.40. The van der Waals surface area contributed by atoms with Crippen LogP contribution in [0.3, 0.4) is 0 Å². The van der Waals surface area contributed by atoms with Crippen LogP contribution in [0.25, 0.3) is 0 Å². The molecule has 0 aliphatic carbocycles. The van der Waals surface area contributed by atoms with Crippen molar-refractivity contribution in [3.05, 3.63) is 11.9 Å². The van der Waals surface area contributed by atoms with E-state index in [4.69, 9.17) is 0 Å². The SMILES string of the molecule is CCCc1c(NCC)ncnc1NC(C)CCSC. The molecule has 0 aromatic carbocycles. The first-order chi connectivity index (χ1) is 9.22. The lowest BCUT2D eigenvalue weighted by Crippen LogP contribution is -2.19. The maximum atomic E-state index is 4.42. The van der Waals surface area contributed by atoms with Gasteiger partial charge in [0.15, 0.2) is 0 Å². The van der Waals surface area contributed by atoms with Crippen LogP contribution in [0.2, 0.25) is 0 Å². The summed E-state index contributed by atoms with van der Waals surface area (Å²) >= 11 is 1.88. The third-order valence-electron chi connectivity index (χ3n) is 2.93. The largest absolute Gasteiger partial charge is 0.370 e. The molecule has 1 rings (SSSR count). The van der Waals surface area contributed by atoms with Gasteiger partial charge in [-0.2, -0.15) is 11.8 Å². The van der Waals surface area contributed by atoms with Crippen molar-refractivity contribution in [1.29, 1.82) is 0 Å². The highest BCUT2D eigenvalue weighted by molar-refractivity contribution is 7.98. The minimum absolute atomic E-state index is 0.437.